The molecule has 0 aliphatic rings. The quantitative estimate of drug-likeness (QED) is 0.629. The lowest BCUT2D eigenvalue weighted by molar-refractivity contribution is -0.384. The van der Waals surface area contributed by atoms with Crippen molar-refractivity contribution in [2.75, 3.05) is 7.05 Å². The lowest BCUT2D eigenvalue weighted by Gasteiger charge is -2.21. The number of nitro groups is 1. The van der Waals surface area contributed by atoms with Crippen LogP contribution in [0.5, 0.6) is 0 Å². The Hall–Kier alpha value is -1.42. The van der Waals surface area contributed by atoms with Crippen molar-refractivity contribution < 1.29 is 4.92 Å². The molecule has 0 aliphatic carbocycles. The van der Waals surface area contributed by atoms with E-state index in [1.54, 1.807) is 12.1 Å². The number of hydrogen-bond donors (Lipinski definition) is 1. The molecule has 0 spiro atoms. The van der Waals surface area contributed by atoms with Gasteiger partial charge in [-0.15, -0.1) is 0 Å². The molecule has 0 amide bonds. The predicted molar refractivity (Wildman–Crippen MR) is 64.8 cm³/mol. The van der Waals surface area contributed by atoms with E-state index in [2.05, 4.69) is 19.2 Å². The van der Waals surface area contributed by atoms with Crippen LogP contribution < -0.4 is 5.32 Å². The summed E-state index contributed by atoms with van der Waals surface area (Å²) in [5, 5.41) is 13.8. The van der Waals surface area contributed by atoms with Gasteiger partial charge in [0.2, 0.25) is 0 Å². The number of aryl methyl sites for hydroxylation is 1. The summed E-state index contributed by atoms with van der Waals surface area (Å²) >= 11 is 0. The number of rotatable bonds is 4. The molecule has 1 aromatic carbocycles. The summed E-state index contributed by atoms with van der Waals surface area (Å²) in [5.74, 6) is 0.339. The fourth-order valence-corrected chi connectivity index (χ4v) is 1.80. The van der Waals surface area contributed by atoms with Gasteiger partial charge in [-0.05, 0) is 37.9 Å². The minimum atomic E-state index is -0.358. The van der Waals surface area contributed by atoms with Crippen LogP contribution in [-0.2, 0) is 0 Å². The maximum Gasteiger partial charge on any atom is 0.269 e. The highest BCUT2D eigenvalue weighted by molar-refractivity contribution is 5.41. The molecule has 0 aliphatic heterocycles. The molecule has 0 fully saturated rings. The Labute approximate surface area is 95.8 Å². The van der Waals surface area contributed by atoms with Crippen molar-refractivity contribution in [3.63, 3.8) is 0 Å². The van der Waals surface area contributed by atoms with Gasteiger partial charge < -0.3 is 5.32 Å². The second kappa shape index (κ2) is 5.07. The molecule has 2 unspecified atom stereocenters. The van der Waals surface area contributed by atoms with E-state index in [1.807, 2.05) is 20.0 Å². The fourth-order valence-electron chi connectivity index (χ4n) is 1.80. The van der Waals surface area contributed by atoms with Crippen molar-refractivity contribution in [1.29, 1.82) is 0 Å². The van der Waals surface area contributed by atoms with Gasteiger partial charge in [0.15, 0.2) is 0 Å². The second-order valence-electron chi connectivity index (χ2n) is 4.16. The monoisotopic (exact) mass is 222 g/mol. The summed E-state index contributed by atoms with van der Waals surface area (Å²) in [4.78, 5) is 10.3. The Balaban J connectivity index is 3.03. The van der Waals surface area contributed by atoms with Gasteiger partial charge in [-0.3, -0.25) is 10.1 Å². The van der Waals surface area contributed by atoms with Crippen molar-refractivity contribution in [1.82, 2.24) is 5.32 Å². The van der Waals surface area contributed by atoms with Crippen LogP contribution in [0.3, 0.4) is 0 Å². The Morgan fingerprint density at radius 3 is 2.44 bits per heavy atom. The first-order valence-electron chi connectivity index (χ1n) is 5.39. The molecule has 0 saturated heterocycles. The van der Waals surface area contributed by atoms with Crippen LogP contribution in [-0.4, -0.2) is 18.0 Å². The topological polar surface area (TPSA) is 55.2 Å². The van der Waals surface area contributed by atoms with Crippen LogP contribution in [0.15, 0.2) is 18.2 Å². The zero-order valence-electron chi connectivity index (χ0n) is 10.2. The average molecular weight is 222 g/mol. The molecular formula is C12H18N2O2. The van der Waals surface area contributed by atoms with E-state index in [1.165, 1.54) is 0 Å². The molecule has 0 heterocycles. The lowest BCUT2D eigenvalue weighted by Crippen LogP contribution is -2.27. The Morgan fingerprint density at radius 2 is 2.00 bits per heavy atom. The van der Waals surface area contributed by atoms with E-state index in [0.717, 1.165) is 11.1 Å². The molecule has 0 radical (unpaired) electrons. The normalized spacial score (nSPS) is 14.5. The third kappa shape index (κ3) is 2.58. The minimum Gasteiger partial charge on any atom is -0.317 e. The molecule has 0 aromatic heterocycles. The van der Waals surface area contributed by atoms with Crippen LogP contribution >= 0.6 is 0 Å². The molecule has 4 nitrogen and oxygen atoms in total. The summed E-state index contributed by atoms with van der Waals surface area (Å²) in [7, 11) is 1.92. The van der Waals surface area contributed by atoms with E-state index in [4.69, 9.17) is 0 Å². The summed E-state index contributed by atoms with van der Waals surface area (Å²) in [5.41, 5.74) is 2.29. The summed E-state index contributed by atoms with van der Waals surface area (Å²) in [6.07, 6.45) is 0. The van der Waals surface area contributed by atoms with Gasteiger partial charge in [0, 0.05) is 18.2 Å². The van der Waals surface area contributed by atoms with Gasteiger partial charge >= 0.3 is 0 Å². The third-order valence-electron chi connectivity index (χ3n) is 3.16. The van der Waals surface area contributed by atoms with Gasteiger partial charge in [-0.1, -0.05) is 13.0 Å². The van der Waals surface area contributed by atoms with E-state index < -0.39 is 0 Å². The number of nitrogens with zero attached hydrogens (tertiary/aromatic N) is 1. The summed E-state index contributed by atoms with van der Waals surface area (Å²) in [6, 6.07) is 5.40. The molecule has 1 N–H and O–H groups in total. The fraction of sp³-hybridized carbons (Fsp3) is 0.500. The standard InChI is InChI=1S/C12H18N2O2/c1-8-7-11(14(15)16)5-6-12(8)9(2)10(3)13-4/h5-7,9-10,13H,1-4H3. The zero-order chi connectivity index (χ0) is 12.3. The van der Waals surface area contributed by atoms with Crippen LogP contribution in [0.4, 0.5) is 5.69 Å². The molecule has 88 valence electrons. The van der Waals surface area contributed by atoms with Gasteiger partial charge in [-0.2, -0.15) is 0 Å². The Bertz CT molecular complexity index is 391. The molecule has 1 rings (SSSR count). The van der Waals surface area contributed by atoms with Gasteiger partial charge in [0.25, 0.3) is 5.69 Å². The molecular weight excluding hydrogens is 204 g/mol. The van der Waals surface area contributed by atoms with Crippen molar-refractivity contribution in [2.45, 2.75) is 32.7 Å². The first kappa shape index (κ1) is 12.6. The maximum absolute atomic E-state index is 10.6. The second-order valence-corrected chi connectivity index (χ2v) is 4.16. The van der Waals surface area contributed by atoms with Crippen LogP contribution in [0, 0.1) is 17.0 Å². The molecule has 1 aromatic rings. The van der Waals surface area contributed by atoms with Crippen LogP contribution in [0.25, 0.3) is 0 Å². The van der Waals surface area contributed by atoms with E-state index in [-0.39, 0.29) is 10.6 Å². The largest absolute Gasteiger partial charge is 0.317 e. The SMILES string of the molecule is CNC(C)C(C)c1ccc([N+](=O)[O-])cc1C. The highest BCUT2D eigenvalue weighted by Crippen LogP contribution is 2.25. The molecule has 0 saturated carbocycles. The number of benzene rings is 1. The number of non-ortho nitro benzene ring substituents is 1. The molecule has 0 bridgehead atoms. The van der Waals surface area contributed by atoms with E-state index >= 15 is 0 Å². The third-order valence-corrected chi connectivity index (χ3v) is 3.16. The summed E-state index contributed by atoms with van der Waals surface area (Å²) in [6.45, 7) is 6.14. The zero-order valence-corrected chi connectivity index (χ0v) is 10.2. The van der Waals surface area contributed by atoms with Crippen molar-refractivity contribution >= 4 is 5.69 Å². The first-order chi connectivity index (χ1) is 7.47. The van der Waals surface area contributed by atoms with Crippen LogP contribution in [0.2, 0.25) is 0 Å². The smallest absolute Gasteiger partial charge is 0.269 e. The average Bonchev–Trinajstić information content (AvgIpc) is 2.26. The summed E-state index contributed by atoms with van der Waals surface area (Å²) < 4.78 is 0. The number of hydrogen-bond acceptors (Lipinski definition) is 3. The number of nitrogens with one attached hydrogen (secondary N) is 1. The van der Waals surface area contributed by atoms with E-state index in [9.17, 15) is 10.1 Å². The lowest BCUT2D eigenvalue weighted by atomic mass is 9.91. The number of likely N-dealkylation sites (N-methyl/N-ethyl adjacent to an activating group) is 1. The number of nitro benzene ring substituents is 1. The first-order valence-corrected chi connectivity index (χ1v) is 5.39. The highest BCUT2D eigenvalue weighted by Gasteiger charge is 2.16. The van der Waals surface area contributed by atoms with E-state index in [0.29, 0.717) is 12.0 Å². The van der Waals surface area contributed by atoms with Crippen molar-refractivity contribution in [3.8, 4) is 0 Å². The van der Waals surface area contributed by atoms with Gasteiger partial charge in [0.1, 0.15) is 0 Å². The molecule has 4 heteroatoms. The van der Waals surface area contributed by atoms with Crippen molar-refractivity contribution in [2.24, 2.45) is 0 Å². The van der Waals surface area contributed by atoms with Gasteiger partial charge in [0.05, 0.1) is 4.92 Å². The van der Waals surface area contributed by atoms with Crippen LogP contribution in [0.1, 0.15) is 30.9 Å². The predicted octanol–water partition coefficient (Wildman–Crippen LogP) is 2.61. The molecule has 16 heavy (non-hydrogen) atoms. The molecule has 2 atom stereocenters. The van der Waals surface area contributed by atoms with Gasteiger partial charge in [-0.25, -0.2) is 0 Å². The highest BCUT2D eigenvalue weighted by atomic mass is 16.6. The minimum absolute atomic E-state index is 0.158. The Morgan fingerprint density at radius 1 is 1.38 bits per heavy atom. The maximum atomic E-state index is 10.6. The Kier molecular flexibility index (Phi) is 4.01. The van der Waals surface area contributed by atoms with Crippen molar-refractivity contribution in [3.05, 3.63) is 39.4 Å².